The van der Waals surface area contributed by atoms with E-state index in [4.69, 9.17) is 5.73 Å². The van der Waals surface area contributed by atoms with Crippen LogP contribution in [0.1, 0.15) is 24.3 Å². The molecule has 1 saturated carbocycles. The van der Waals surface area contributed by atoms with Crippen molar-refractivity contribution in [1.82, 2.24) is 9.27 Å². The average Bonchev–Trinajstić information content (AvgIpc) is 3.04. The summed E-state index contributed by atoms with van der Waals surface area (Å²) < 4.78 is 4.34. The first-order chi connectivity index (χ1) is 7.75. The normalized spacial score (nSPS) is 22.7. The van der Waals surface area contributed by atoms with Gasteiger partial charge in [0.1, 0.15) is 10.8 Å². The number of nitrogen functional groups attached to an aromatic ring is 1. The van der Waals surface area contributed by atoms with Crippen molar-refractivity contribution in [1.29, 1.82) is 0 Å². The van der Waals surface area contributed by atoms with Crippen molar-refractivity contribution < 1.29 is 0 Å². The highest BCUT2D eigenvalue weighted by atomic mass is 32.1. The van der Waals surface area contributed by atoms with Gasteiger partial charge in [0, 0.05) is 31.7 Å². The molecule has 3 rings (SSSR count). The highest BCUT2D eigenvalue weighted by molar-refractivity contribution is 7.10. The first-order valence-corrected chi connectivity index (χ1v) is 6.71. The summed E-state index contributed by atoms with van der Waals surface area (Å²) in [6, 6.07) is 0. The molecular weight excluding hydrogens is 220 g/mol. The molecule has 0 aromatic carbocycles. The summed E-state index contributed by atoms with van der Waals surface area (Å²) in [6.45, 7) is 4.50. The van der Waals surface area contributed by atoms with Gasteiger partial charge in [0.2, 0.25) is 0 Å². The third kappa shape index (κ3) is 1.78. The predicted octanol–water partition coefficient (Wildman–Crippen LogP) is 1.35. The van der Waals surface area contributed by atoms with Crippen LogP contribution in [0.4, 0.5) is 10.8 Å². The standard InChI is InChI=1S/C11H18N4S/c1-14-4-6-15(7-5-14)11-9(8-2-3-8)10(12)13-16-11/h8H,2-7H2,1H3,(H2,12,13). The van der Waals surface area contributed by atoms with Gasteiger partial charge in [0.25, 0.3) is 0 Å². The molecule has 2 aliphatic rings. The third-order valence-corrected chi connectivity index (χ3v) is 4.45. The van der Waals surface area contributed by atoms with Crippen molar-refractivity contribution in [2.24, 2.45) is 0 Å². The van der Waals surface area contributed by atoms with Gasteiger partial charge >= 0.3 is 0 Å². The molecule has 0 amide bonds. The molecule has 1 aliphatic carbocycles. The molecule has 0 atom stereocenters. The van der Waals surface area contributed by atoms with Crippen LogP contribution in [0.2, 0.25) is 0 Å². The summed E-state index contributed by atoms with van der Waals surface area (Å²) in [6.07, 6.45) is 2.59. The van der Waals surface area contributed by atoms with Gasteiger partial charge < -0.3 is 15.5 Å². The van der Waals surface area contributed by atoms with E-state index in [1.165, 1.54) is 23.4 Å². The van der Waals surface area contributed by atoms with Gasteiger partial charge in [-0.05, 0) is 37.3 Å². The van der Waals surface area contributed by atoms with E-state index in [0.717, 1.165) is 32.0 Å². The second-order valence-corrected chi connectivity index (χ2v) is 5.60. The molecule has 16 heavy (non-hydrogen) atoms. The SMILES string of the molecule is CN1CCN(c2snc(N)c2C2CC2)CC1. The lowest BCUT2D eigenvalue weighted by atomic mass is 10.2. The second-order valence-electron chi connectivity index (χ2n) is 4.85. The minimum atomic E-state index is 0.702. The molecule has 2 N–H and O–H groups in total. The Kier molecular flexibility index (Phi) is 2.52. The molecule has 0 bridgehead atoms. The van der Waals surface area contributed by atoms with Crippen LogP contribution in [0.15, 0.2) is 0 Å². The van der Waals surface area contributed by atoms with E-state index in [-0.39, 0.29) is 0 Å². The van der Waals surface area contributed by atoms with Crippen molar-refractivity contribution in [3.05, 3.63) is 5.56 Å². The second kappa shape index (κ2) is 3.89. The smallest absolute Gasteiger partial charge is 0.142 e. The quantitative estimate of drug-likeness (QED) is 0.845. The molecule has 1 aliphatic heterocycles. The lowest BCUT2D eigenvalue weighted by Gasteiger charge is -2.33. The maximum atomic E-state index is 5.98. The minimum Gasteiger partial charge on any atom is -0.383 e. The Hall–Kier alpha value is -0.810. The van der Waals surface area contributed by atoms with Crippen LogP contribution >= 0.6 is 11.5 Å². The summed E-state index contributed by atoms with van der Waals surface area (Å²) in [4.78, 5) is 4.83. The number of hydrogen-bond donors (Lipinski definition) is 1. The van der Waals surface area contributed by atoms with Gasteiger partial charge in [0.05, 0.1) is 0 Å². The Bertz CT molecular complexity index is 377. The summed E-state index contributed by atoms with van der Waals surface area (Å²) in [7, 11) is 2.18. The van der Waals surface area contributed by atoms with Crippen LogP contribution in [0, 0.1) is 0 Å². The zero-order valence-electron chi connectivity index (χ0n) is 9.65. The van der Waals surface area contributed by atoms with Crippen LogP contribution in [0.25, 0.3) is 0 Å². The van der Waals surface area contributed by atoms with E-state index >= 15 is 0 Å². The molecule has 0 spiro atoms. The molecule has 1 aromatic heterocycles. The summed E-state index contributed by atoms with van der Waals surface area (Å²) in [5.41, 5.74) is 7.32. The molecule has 0 radical (unpaired) electrons. The molecule has 2 heterocycles. The van der Waals surface area contributed by atoms with E-state index in [9.17, 15) is 0 Å². The number of nitrogens with zero attached hydrogens (tertiary/aromatic N) is 3. The molecule has 1 aromatic rings. The number of likely N-dealkylation sites (N-methyl/N-ethyl adjacent to an activating group) is 1. The molecule has 4 nitrogen and oxygen atoms in total. The topological polar surface area (TPSA) is 45.4 Å². The Labute approximate surface area is 100 Å². The van der Waals surface area contributed by atoms with Crippen molar-refractivity contribution in [3.8, 4) is 0 Å². The van der Waals surface area contributed by atoms with Gasteiger partial charge in [-0.25, -0.2) is 0 Å². The number of nitrogens with two attached hydrogens (primary N) is 1. The van der Waals surface area contributed by atoms with Gasteiger partial charge in [-0.2, -0.15) is 4.37 Å². The lowest BCUT2D eigenvalue weighted by molar-refractivity contribution is 0.313. The highest BCUT2D eigenvalue weighted by Crippen LogP contribution is 2.48. The Morgan fingerprint density at radius 1 is 1.25 bits per heavy atom. The van der Waals surface area contributed by atoms with Gasteiger partial charge in [-0.3, -0.25) is 0 Å². The van der Waals surface area contributed by atoms with Crippen molar-refractivity contribution >= 4 is 22.4 Å². The zero-order valence-corrected chi connectivity index (χ0v) is 10.5. The van der Waals surface area contributed by atoms with E-state index in [1.54, 1.807) is 11.5 Å². The largest absolute Gasteiger partial charge is 0.383 e. The van der Waals surface area contributed by atoms with Gasteiger partial charge in [0.15, 0.2) is 0 Å². The predicted molar refractivity (Wildman–Crippen MR) is 68.2 cm³/mol. The minimum absolute atomic E-state index is 0.702. The Balaban J connectivity index is 1.83. The lowest BCUT2D eigenvalue weighted by Crippen LogP contribution is -2.44. The van der Waals surface area contributed by atoms with E-state index in [2.05, 4.69) is 21.2 Å². The molecule has 5 heteroatoms. The highest BCUT2D eigenvalue weighted by Gasteiger charge is 2.32. The molecule has 0 unspecified atom stereocenters. The van der Waals surface area contributed by atoms with E-state index < -0.39 is 0 Å². The Morgan fingerprint density at radius 3 is 2.56 bits per heavy atom. The third-order valence-electron chi connectivity index (χ3n) is 3.51. The Morgan fingerprint density at radius 2 is 1.94 bits per heavy atom. The molecule has 88 valence electrons. The summed E-state index contributed by atoms with van der Waals surface area (Å²) in [5, 5.41) is 1.34. The number of aromatic nitrogens is 1. The fourth-order valence-electron chi connectivity index (χ4n) is 2.29. The van der Waals surface area contributed by atoms with Crippen molar-refractivity contribution in [2.75, 3.05) is 43.9 Å². The number of hydrogen-bond acceptors (Lipinski definition) is 5. The first-order valence-electron chi connectivity index (χ1n) is 5.94. The maximum Gasteiger partial charge on any atom is 0.142 e. The molecule has 1 saturated heterocycles. The van der Waals surface area contributed by atoms with Gasteiger partial charge in [-0.1, -0.05) is 0 Å². The monoisotopic (exact) mass is 238 g/mol. The number of piperazine rings is 1. The van der Waals surface area contributed by atoms with Crippen LogP contribution in [-0.4, -0.2) is 42.5 Å². The fraction of sp³-hybridized carbons (Fsp3) is 0.727. The van der Waals surface area contributed by atoms with Crippen molar-refractivity contribution in [3.63, 3.8) is 0 Å². The van der Waals surface area contributed by atoms with Gasteiger partial charge in [-0.15, -0.1) is 0 Å². The summed E-state index contributed by atoms with van der Waals surface area (Å²) in [5.74, 6) is 1.48. The molecule has 2 fully saturated rings. The number of anilines is 2. The van der Waals surface area contributed by atoms with E-state index in [1.807, 2.05) is 0 Å². The zero-order chi connectivity index (χ0) is 11.1. The van der Waals surface area contributed by atoms with Crippen molar-refractivity contribution in [2.45, 2.75) is 18.8 Å². The van der Waals surface area contributed by atoms with Crippen LogP contribution in [0.3, 0.4) is 0 Å². The number of rotatable bonds is 2. The molecular formula is C11H18N4S. The van der Waals surface area contributed by atoms with E-state index in [0.29, 0.717) is 5.92 Å². The summed E-state index contributed by atoms with van der Waals surface area (Å²) >= 11 is 1.58. The fourth-order valence-corrected chi connectivity index (χ4v) is 3.24. The van der Waals surface area contributed by atoms with Crippen LogP contribution < -0.4 is 10.6 Å². The van der Waals surface area contributed by atoms with Crippen LogP contribution in [-0.2, 0) is 0 Å². The first kappa shape index (κ1) is 10.4. The maximum absolute atomic E-state index is 5.98. The van der Waals surface area contributed by atoms with Crippen LogP contribution in [0.5, 0.6) is 0 Å². The average molecular weight is 238 g/mol.